The van der Waals surface area contributed by atoms with Crippen molar-refractivity contribution in [1.82, 2.24) is 4.90 Å². The summed E-state index contributed by atoms with van der Waals surface area (Å²) in [5.74, 6) is 1.29. The quantitative estimate of drug-likeness (QED) is 0.427. The van der Waals surface area contributed by atoms with E-state index in [2.05, 4.69) is 6.92 Å². The van der Waals surface area contributed by atoms with Gasteiger partial charge >= 0.3 is 0 Å². The van der Waals surface area contributed by atoms with Crippen LogP contribution >= 0.6 is 35.3 Å². The Morgan fingerprint density at radius 3 is 2.74 bits per heavy atom. The van der Waals surface area contributed by atoms with Crippen molar-refractivity contribution in [3.8, 4) is 11.5 Å². The Bertz CT molecular complexity index is 846. The van der Waals surface area contributed by atoms with Gasteiger partial charge in [-0.25, -0.2) is 0 Å². The first-order chi connectivity index (χ1) is 13.1. The molecular formula is C20H21NO3S3. The van der Waals surface area contributed by atoms with E-state index in [9.17, 15) is 4.79 Å². The zero-order valence-corrected chi connectivity index (χ0v) is 17.7. The van der Waals surface area contributed by atoms with Crippen molar-refractivity contribution >= 4 is 51.6 Å². The molecule has 0 saturated carbocycles. The maximum atomic E-state index is 12.9. The summed E-state index contributed by atoms with van der Waals surface area (Å²) < 4.78 is 12.2. The van der Waals surface area contributed by atoms with Gasteiger partial charge in [-0.15, -0.1) is 11.3 Å². The lowest BCUT2D eigenvalue weighted by atomic mass is 10.1. The van der Waals surface area contributed by atoms with Gasteiger partial charge in [0, 0.05) is 10.4 Å². The van der Waals surface area contributed by atoms with Crippen molar-refractivity contribution in [2.75, 3.05) is 13.2 Å². The maximum Gasteiger partial charge on any atom is 0.266 e. The molecule has 1 saturated heterocycles. The number of ether oxygens (including phenoxy) is 2. The number of thiophene rings is 1. The van der Waals surface area contributed by atoms with Gasteiger partial charge in [-0.2, -0.15) is 0 Å². The molecule has 0 bridgehead atoms. The van der Waals surface area contributed by atoms with E-state index in [1.165, 1.54) is 11.8 Å². The first-order valence-electron chi connectivity index (χ1n) is 8.80. The molecule has 1 aromatic carbocycles. The summed E-state index contributed by atoms with van der Waals surface area (Å²) in [7, 11) is 0. The van der Waals surface area contributed by atoms with Gasteiger partial charge in [0.15, 0.2) is 11.5 Å². The number of hydrogen-bond donors (Lipinski definition) is 0. The Labute approximate surface area is 173 Å². The van der Waals surface area contributed by atoms with Crippen molar-refractivity contribution < 1.29 is 14.3 Å². The zero-order chi connectivity index (χ0) is 19.2. The highest BCUT2D eigenvalue weighted by Gasteiger charge is 2.32. The van der Waals surface area contributed by atoms with E-state index >= 15 is 0 Å². The van der Waals surface area contributed by atoms with Crippen LogP contribution in [0.1, 0.15) is 30.7 Å². The third kappa shape index (κ3) is 4.72. The molecule has 7 heteroatoms. The van der Waals surface area contributed by atoms with Gasteiger partial charge in [-0.3, -0.25) is 9.69 Å². The van der Waals surface area contributed by atoms with Crippen LogP contribution in [0.5, 0.6) is 11.5 Å². The SMILES string of the molecule is CCCOc1c(/C=C2\SC(=S)N(Cc3cccs3)C2=O)cccc1OCC. The summed E-state index contributed by atoms with van der Waals surface area (Å²) in [5.41, 5.74) is 0.825. The van der Waals surface area contributed by atoms with Crippen molar-refractivity contribution in [3.05, 3.63) is 51.1 Å². The van der Waals surface area contributed by atoms with Gasteiger partial charge in [0.05, 0.1) is 24.7 Å². The molecule has 27 heavy (non-hydrogen) atoms. The van der Waals surface area contributed by atoms with Crippen LogP contribution in [0.25, 0.3) is 6.08 Å². The number of thioether (sulfide) groups is 1. The highest BCUT2D eigenvalue weighted by Crippen LogP contribution is 2.38. The molecule has 2 heterocycles. The second-order valence-electron chi connectivity index (χ2n) is 5.80. The monoisotopic (exact) mass is 419 g/mol. The summed E-state index contributed by atoms with van der Waals surface area (Å²) in [6, 6.07) is 9.70. The normalized spacial score (nSPS) is 15.6. The molecule has 1 aliphatic heterocycles. The lowest BCUT2D eigenvalue weighted by molar-refractivity contribution is -0.122. The Balaban J connectivity index is 1.88. The molecule has 142 valence electrons. The number of carbonyl (C=O) groups excluding carboxylic acids is 1. The number of rotatable bonds is 8. The smallest absolute Gasteiger partial charge is 0.266 e. The van der Waals surface area contributed by atoms with E-state index < -0.39 is 0 Å². The number of amides is 1. The lowest BCUT2D eigenvalue weighted by Gasteiger charge is -2.14. The Morgan fingerprint density at radius 1 is 1.19 bits per heavy atom. The highest BCUT2D eigenvalue weighted by molar-refractivity contribution is 8.26. The van der Waals surface area contributed by atoms with E-state index in [-0.39, 0.29) is 5.91 Å². The summed E-state index contributed by atoms with van der Waals surface area (Å²) in [4.78, 5) is 16.2. The van der Waals surface area contributed by atoms with Crippen molar-refractivity contribution in [2.45, 2.75) is 26.8 Å². The molecular weight excluding hydrogens is 398 g/mol. The second-order valence-corrected chi connectivity index (χ2v) is 8.51. The molecule has 0 aliphatic carbocycles. The first kappa shape index (κ1) is 19.9. The molecule has 0 radical (unpaired) electrons. The largest absolute Gasteiger partial charge is 0.490 e. The molecule has 3 rings (SSSR count). The topological polar surface area (TPSA) is 38.8 Å². The molecule has 4 nitrogen and oxygen atoms in total. The standard InChI is InChI=1S/C20H21NO3S3/c1-3-10-24-18-14(7-5-9-16(18)23-4-2)12-17-19(22)21(20(25)27-17)13-15-8-6-11-26-15/h5-9,11-12H,3-4,10,13H2,1-2H3/b17-12-. The summed E-state index contributed by atoms with van der Waals surface area (Å²) >= 11 is 8.38. The number of benzene rings is 1. The average Bonchev–Trinajstić information content (AvgIpc) is 3.26. The van der Waals surface area contributed by atoms with Crippen molar-refractivity contribution in [3.63, 3.8) is 0 Å². The molecule has 0 spiro atoms. The van der Waals surface area contributed by atoms with Gasteiger partial charge in [0.1, 0.15) is 4.32 Å². The van der Waals surface area contributed by atoms with Gasteiger partial charge in [-0.05, 0) is 36.9 Å². The fraction of sp³-hybridized carbons (Fsp3) is 0.300. The minimum Gasteiger partial charge on any atom is -0.490 e. The first-order valence-corrected chi connectivity index (χ1v) is 10.9. The number of carbonyl (C=O) groups is 1. The van der Waals surface area contributed by atoms with Crippen LogP contribution < -0.4 is 9.47 Å². The average molecular weight is 420 g/mol. The predicted octanol–water partition coefficient (Wildman–Crippen LogP) is 5.34. The zero-order valence-electron chi connectivity index (χ0n) is 15.3. The minimum absolute atomic E-state index is 0.0679. The number of para-hydroxylation sites is 1. The minimum atomic E-state index is -0.0679. The predicted molar refractivity (Wildman–Crippen MR) is 116 cm³/mol. The Kier molecular flexibility index (Phi) is 6.93. The molecule has 0 atom stereocenters. The molecule has 0 N–H and O–H groups in total. The fourth-order valence-electron chi connectivity index (χ4n) is 2.61. The van der Waals surface area contributed by atoms with Crippen LogP contribution in [0.3, 0.4) is 0 Å². The van der Waals surface area contributed by atoms with E-state index in [1.807, 2.05) is 48.7 Å². The second kappa shape index (κ2) is 9.39. The van der Waals surface area contributed by atoms with Gasteiger partial charge in [0.25, 0.3) is 5.91 Å². The summed E-state index contributed by atoms with van der Waals surface area (Å²) in [6.07, 6.45) is 2.74. The van der Waals surface area contributed by atoms with Gasteiger partial charge < -0.3 is 9.47 Å². The van der Waals surface area contributed by atoms with Crippen molar-refractivity contribution in [1.29, 1.82) is 0 Å². The third-order valence-corrected chi connectivity index (χ3v) is 6.05. The van der Waals surface area contributed by atoms with Crippen LogP contribution in [-0.2, 0) is 11.3 Å². The number of hydrogen-bond acceptors (Lipinski definition) is 6. The van der Waals surface area contributed by atoms with Crippen LogP contribution in [0.2, 0.25) is 0 Å². The maximum absolute atomic E-state index is 12.9. The van der Waals surface area contributed by atoms with Crippen LogP contribution in [0, 0.1) is 0 Å². The number of thiocarbonyl (C=S) groups is 1. The van der Waals surface area contributed by atoms with Gasteiger partial charge in [0.2, 0.25) is 0 Å². The molecule has 1 aromatic heterocycles. The fourth-order valence-corrected chi connectivity index (χ4v) is 4.55. The summed E-state index contributed by atoms with van der Waals surface area (Å²) in [6.45, 7) is 5.64. The highest BCUT2D eigenvalue weighted by atomic mass is 32.2. The Hall–Kier alpha value is -1.83. The molecule has 2 aromatic rings. The van der Waals surface area contributed by atoms with Gasteiger partial charge in [-0.1, -0.05) is 49.1 Å². The summed E-state index contributed by atoms with van der Waals surface area (Å²) in [5, 5.41) is 2.00. The van der Waals surface area contributed by atoms with Crippen LogP contribution in [0.4, 0.5) is 0 Å². The van der Waals surface area contributed by atoms with E-state index in [1.54, 1.807) is 16.2 Å². The van der Waals surface area contributed by atoms with E-state index in [4.69, 9.17) is 21.7 Å². The van der Waals surface area contributed by atoms with E-state index in [0.29, 0.717) is 40.5 Å². The Morgan fingerprint density at radius 2 is 2.04 bits per heavy atom. The molecule has 1 aliphatic rings. The number of nitrogens with zero attached hydrogens (tertiary/aromatic N) is 1. The van der Waals surface area contributed by atoms with Crippen LogP contribution in [-0.4, -0.2) is 28.3 Å². The molecule has 1 amide bonds. The van der Waals surface area contributed by atoms with E-state index in [0.717, 1.165) is 16.9 Å². The van der Waals surface area contributed by atoms with Crippen molar-refractivity contribution in [2.24, 2.45) is 0 Å². The molecule has 0 unspecified atom stereocenters. The third-order valence-electron chi connectivity index (χ3n) is 3.81. The molecule has 1 fully saturated rings. The van der Waals surface area contributed by atoms with Crippen LogP contribution in [0.15, 0.2) is 40.6 Å². The lowest BCUT2D eigenvalue weighted by Crippen LogP contribution is -2.26.